The lowest BCUT2D eigenvalue weighted by molar-refractivity contribution is 0.0953. The van der Waals surface area contributed by atoms with Crippen molar-refractivity contribution < 1.29 is 4.74 Å². The largest absolute Gasteiger partial charge is 0.486 e. The molecule has 0 saturated carbocycles. The summed E-state index contributed by atoms with van der Waals surface area (Å²) in [7, 11) is 1.95. The molecule has 19 heavy (non-hydrogen) atoms. The number of aromatic nitrogens is 3. The van der Waals surface area contributed by atoms with E-state index >= 15 is 0 Å². The van der Waals surface area contributed by atoms with Crippen molar-refractivity contribution in [2.45, 2.75) is 32.0 Å². The van der Waals surface area contributed by atoms with E-state index in [1.165, 1.54) is 5.56 Å². The Kier molecular flexibility index (Phi) is 2.78. The first kappa shape index (κ1) is 12.2. The summed E-state index contributed by atoms with van der Waals surface area (Å²) in [5.74, 6) is 1.88. The summed E-state index contributed by atoms with van der Waals surface area (Å²) in [5, 5.41) is 11.5. The van der Waals surface area contributed by atoms with E-state index in [-0.39, 0.29) is 11.6 Å². The van der Waals surface area contributed by atoms with E-state index in [0.29, 0.717) is 6.54 Å². The fraction of sp³-hybridized carbons (Fsp3) is 0.429. The van der Waals surface area contributed by atoms with Crippen LogP contribution in [0.3, 0.4) is 0 Å². The third-order valence-corrected chi connectivity index (χ3v) is 3.57. The molecular formula is C14H18N4O. The van der Waals surface area contributed by atoms with Gasteiger partial charge in [-0.3, -0.25) is 5.32 Å². The minimum absolute atomic E-state index is 0.153. The van der Waals surface area contributed by atoms with Crippen LogP contribution in [0.25, 0.3) is 0 Å². The predicted molar refractivity (Wildman–Crippen MR) is 71.7 cm³/mol. The van der Waals surface area contributed by atoms with Crippen molar-refractivity contribution >= 4 is 0 Å². The Morgan fingerprint density at radius 2 is 2.16 bits per heavy atom. The number of nitrogens with one attached hydrogen (secondary N) is 1. The van der Waals surface area contributed by atoms with Gasteiger partial charge in [-0.2, -0.15) is 0 Å². The quantitative estimate of drug-likeness (QED) is 0.912. The zero-order valence-corrected chi connectivity index (χ0v) is 11.4. The average Bonchev–Trinajstić information content (AvgIpc) is 2.87. The fourth-order valence-corrected chi connectivity index (χ4v) is 2.55. The van der Waals surface area contributed by atoms with Gasteiger partial charge in [0.15, 0.2) is 0 Å². The van der Waals surface area contributed by atoms with Gasteiger partial charge >= 0.3 is 0 Å². The predicted octanol–water partition coefficient (Wildman–Crippen LogP) is 1.82. The highest BCUT2D eigenvalue weighted by Gasteiger charge is 2.40. The standard InChI is InChI=1S/C14H18N4O/c1-14(2)13(10-6-4-5-7-11(10)19-14)15-8-12-17-16-9-18(12)3/h4-7,9,13,15H,8H2,1-3H3. The number of para-hydroxylation sites is 1. The molecule has 3 rings (SSSR count). The summed E-state index contributed by atoms with van der Waals surface area (Å²) in [4.78, 5) is 0. The van der Waals surface area contributed by atoms with Gasteiger partial charge in [0.1, 0.15) is 23.5 Å². The van der Waals surface area contributed by atoms with Gasteiger partial charge < -0.3 is 9.30 Å². The molecule has 0 fully saturated rings. The molecule has 0 aliphatic carbocycles. The molecule has 0 radical (unpaired) electrons. The van der Waals surface area contributed by atoms with Crippen LogP contribution in [-0.2, 0) is 13.6 Å². The van der Waals surface area contributed by atoms with Crippen molar-refractivity contribution in [3.63, 3.8) is 0 Å². The fourth-order valence-electron chi connectivity index (χ4n) is 2.55. The lowest BCUT2D eigenvalue weighted by Crippen LogP contribution is -2.39. The summed E-state index contributed by atoms with van der Waals surface area (Å²) in [6.07, 6.45) is 1.71. The molecule has 100 valence electrons. The van der Waals surface area contributed by atoms with E-state index in [2.05, 4.69) is 35.4 Å². The number of nitrogens with zero attached hydrogens (tertiary/aromatic N) is 3. The Balaban J connectivity index is 1.82. The normalized spacial score (nSPS) is 20.1. The molecule has 1 aliphatic heterocycles. The average molecular weight is 258 g/mol. The Bertz CT molecular complexity index is 591. The van der Waals surface area contributed by atoms with Gasteiger partial charge in [0.05, 0.1) is 12.6 Å². The molecule has 1 aromatic heterocycles. The molecule has 1 aliphatic rings. The Morgan fingerprint density at radius 3 is 2.89 bits per heavy atom. The third kappa shape index (κ3) is 2.10. The smallest absolute Gasteiger partial charge is 0.146 e. The van der Waals surface area contributed by atoms with Crippen LogP contribution < -0.4 is 10.1 Å². The van der Waals surface area contributed by atoms with Crippen LogP contribution in [0.1, 0.15) is 31.3 Å². The van der Waals surface area contributed by atoms with Gasteiger partial charge in [-0.1, -0.05) is 18.2 Å². The first-order valence-electron chi connectivity index (χ1n) is 6.42. The highest BCUT2D eigenvalue weighted by molar-refractivity contribution is 5.42. The number of fused-ring (bicyclic) bond motifs is 1. The van der Waals surface area contributed by atoms with Crippen LogP contribution in [-0.4, -0.2) is 20.4 Å². The summed E-state index contributed by atoms with van der Waals surface area (Å²) in [5.41, 5.74) is 0.942. The summed E-state index contributed by atoms with van der Waals surface area (Å²) < 4.78 is 7.92. The highest BCUT2D eigenvalue weighted by Crippen LogP contribution is 2.42. The maximum absolute atomic E-state index is 6.00. The number of aryl methyl sites for hydroxylation is 1. The van der Waals surface area contributed by atoms with E-state index in [0.717, 1.165) is 11.6 Å². The summed E-state index contributed by atoms with van der Waals surface area (Å²) in [6, 6.07) is 8.32. The molecule has 1 atom stereocenters. The van der Waals surface area contributed by atoms with Gasteiger partial charge in [0.25, 0.3) is 0 Å². The van der Waals surface area contributed by atoms with Gasteiger partial charge in [-0.15, -0.1) is 10.2 Å². The van der Waals surface area contributed by atoms with E-state index in [4.69, 9.17) is 4.74 Å². The van der Waals surface area contributed by atoms with Gasteiger partial charge in [-0.25, -0.2) is 0 Å². The molecule has 0 bridgehead atoms. The minimum atomic E-state index is -0.262. The van der Waals surface area contributed by atoms with E-state index < -0.39 is 0 Å². The Morgan fingerprint density at radius 1 is 1.37 bits per heavy atom. The molecule has 5 nitrogen and oxygen atoms in total. The second-order valence-corrected chi connectivity index (χ2v) is 5.42. The number of rotatable bonds is 3. The lowest BCUT2D eigenvalue weighted by atomic mass is 9.94. The first-order valence-corrected chi connectivity index (χ1v) is 6.42. The molecule has 0 amide bonds. The Labute approximate surface area is 112 Å². The molecule has 1 unspecified atom stereocenters. The molecule has 0 spiro atoms. The Hall–Kier alpha value is -1.88. The number of hydrogen-bond acceptors (Lipinski definition) is 4. The zero-order valence-electron chi connectivity index (χ0n) is 11.4. The third-order valence-electron chi connectivity index (χ3n) is 3.57. The van der Waals surface area contributed by atoms with E-state index in [9.17, 15) is 0 Å². The molecule has 2 heterocycles. The van der Waals surface area contributed by atoms with Crippen LogP contribution in [0, 0.1) is 0 Å². The van der Waals surface area contributed by atoms with Crippen molar-refractivity contribution in [2.75, 3.05) is 0 Å². The monoisotopic (exact) mass is 258 g/mol. The first-order chi connectivity index (χ1) is 9.08. The molecule has 0 saturated heterocycles. The second kappa shape index (κ2) is 4.35. The minimum Gasteiger partial charge on any atom is -0.486 e. The van der Waals surface area contributed by atoms with E-state index in [1.54, 1.807) is 6.33 Å². The molecule has 2 aromatic rings. The summed E-state index contributed by atoms with van der Waals surface area (Å²) >= 11 is 0. The van der Waals surface area contributed by atoms with Crippen LogP contribution in [0.2, 0.25) is 0 Å². The molecule has 1 aromatic carbocycles. The van der Waals surface area contributed by atoms with Crippen molar-refractivity contribution in [3.05, 3.63) is 42.0 Å². The van der Waals surface area contributed by atoms with Crippen LogP contribution in [0.15, 0.2) is 30.6 Å². The SMILES string of the molecule is Cn1cnnc1CNC1c2ccccc2OC1(C)C. The van der Waals surface area contributed by atoms with Crippen molar-refractivity contribution in [2.24, 2.45) is 7.05 Å². The van der Waals surface area contributed by atoms with E-state index in [1.807, 2.05) is 29.8 Å². The van der Waals surface area contributed by atoms with Crippen LogP contribution in [0.4, 0.5) is 0 Å². The summed E-state index contributed by atoms with van der Waals surface area (Å²) in [6.45, 7) is 4.87. The van der Waals surface area contributed by atoms with Crippen molar-refractivity contribution in [3.8, 4) is 5.75 Å². The highest BCUT2D eigenvalue weighted by atomic mass is 16.5. The number of ether oxygens (including phenoxy) is 1. The molecule has 1 N–H and O–H groups in total. The lowest BCUT2D eigenvalue weighted by Gasteiger charge is -2.27. The maximum Gasteiger partial charge on any atom is 0.146 e. The van der Waals surface area contributed by atoms with Gasteiger partial charge in [0.2, 0.25) is 0 Å². The van der Waals surface area contributed by atoms with Crippen molar-refractivity contribution in [1.29, 1.82) is 0 Å². The van der Waals surface area contributed by atoms with Gasteiger partial charge in [0, 0.05) is 12.6 Å². The molecular weight excluding hydrogens is 240 g/mol. The number of hydrogen-bond donors (Lipinski definition) is 1. The zero-order chi connectivity index (χ0) is 13.5. The van der Waals surface area contributed by atoms with Crippen LogP contribution >= 0.6 is 0 Å². The van der Waals surface area contributed by atoms with Crippen LogP contribution in [0.5, 0.6) is 5.75 Å². The number of benzene rings is 1. The van der Waals surface area contributed by atoms with Crippen molar-refractivity contribution in [1.82, 2.24) is 20.1 Å². The molecule has 5 heteroatoms. The van der Waals surface area contributed by atoms with Gasteiger partial charge in [-0.05, 0) is 19.9 Å². The second-order valence-electron chi connectivity index (χ2n) is 5.42. The topological polar surface area (TPSA) is 52.0 Å². The maximum atomic E-state index is 6.00.